The molecule has 4 rings (SSSR count). The van der Waals surface area contributed by atoms with E-state index in [0.29, 0.717) is 35.5 Å². The van der Waals surface area contributed by atoms with Gasteiger partial charge in [0.05, 0.1) is 31.5 Å². The lowest BCUT2D eigenvalue weighted by Crippen LogP contribution is -2.10. The van der Waals surface area contributed by atoms with Crippen LogP contribution in [-0.2, 0) is 4.74 Å². The summed E-state index contributed by atoms with van der Waals surface area (Å²) in [4.78, 5) is 17.8. The minimum Gasteiger partial charge on any atom is -0.494 e. The van der Waals surface area contributed by atoms with Crippen molar-refractivity contribution in [2.75, 3.05) is 19.8 Å². The second-order valence-corrected chi connectivity index (χ2v) is 8.85. The Morgan fingerprint density at radius 1 is 0.778 bits per heavy atom. The van der Waals surface area contributed by atoms with Gasteiger partial charge in [-0.05, 0) is 61.7 Å². The van der Waals surface area contributed by atoms with Crippen LogP contribution in [0.15, 0.2) is 48.5 Å². The third-order valence-electron chi connectivity index (χ3n) is 5.68. The summed E-state index contributed by atoms with van der Waals surface area (Å²) in [5.74, 6) is 1.08. The highest BCUT2D eigenvalue weighted by atomic mass is 32.1. The van der Waals surface area contributed by atoms with E-state index in [1.165, 1.54) is 0 Å². The lowest BCUT2D eigenvalue weighted by molar-refractivity contribution is 0.0521. The van der Waals surface area contributed by atoms with E-state index in [4.69, 9.17) is 19.2 Å². The molecule has 8 heteroatoms. The Morgan fingerprint density at radius 3 is 1.89 bits per heavy atom. The fraction of sp³-hybridized carbons (Fsp3) is 0.357. The first-order valence-electron chi connectivity index (χ1n) is 12.5. The Kier molecular flexibility index (Phi) is 8.84. The van der Waals surface area contributed by atoms with Crippen LogP contribution in [0.5, 0.6) is 11.5 Å². The van der Waals surface area contributed by atoms with E-state index in [-0.39, 0.29) is 12.3 Å². The fourth-order valence-electron chi connectivity index (χ4n) is 3.76. The van der Waals surface area contributed by atoms with Crippen molar-refractivity contribution in [3.05, 3.63) is 54.2 Å². The summed E-state index contributed by atoms with van der Waals surface area (Å²) in [5.41, 5.74) is 4.31. The van der Waals surface area contributed by atoms with E-state index >= 15 is 0 Å². The average Bonchev–Trinajstić information content (AvgIpc) is 3.39. The maximum Gasteiger partial charge on any atom is 0.357 e. The highest BCUT2D eigenvalue weighted by molar-refractivity contribution is 7.00. The van der Waals surface area contributed by atoms with Gasteiger partial charge in [0.25, 0.3) is 0 Å². The van der Waals surface area contributed by atoms with Crippen LogP contribution in [0.25, 0.3) is 33.4 Å². The molecule has 7 nitrogen and oxygen atoms in total. The molecule has 0 aliphatic rings. The zero-order chi connectivity index (χ0) is 25.3. The third-order valence-corrected chi connectivity index (χ3v) is 6.21. The van der Waals surface area contributed by atoms with E-state index < -0.39 is 5.97 Å². The number of ether oxygens (including phenoxy) is 3. The molecule has 0 aliphatic heterocycles. The molecule has 0 spiro atoms. The van der Waals surface area contributed by atoms with Crippen molar-refractivity contribution in [2.24, 2.45) is 0 Å². The van der Waals surface area contributed by atoms with E-state index in [1.807, 2.05) is 48.5 Å². The van der Waals surface area contributed by atoms with Gasteiger partial charge < -0.3 is 14.2 Å². The van der Waals surface area contributed by atoms with Crippen LogP contribution in [-0.4, -0.2) is 39.5 Å². The molecule has 0 fully saturated rings. The number of carbonyl (C=O) groups is 1. The summed E-state index contributed by atoms with van der Waals surface area (Å²) in [6, 6.07) is 15.3. The minimum atomic E-state index is -0.494. The molecule has 0 bridgehead atoms. The lowest BCUT2D eigenvalue weighted by atomic mass is 9.99. The first-order valence-corrected chi connectivity index (χ1v) is 13.2. The number of unbranched alkanes of at least 4 members (excludes halogenated alkanes) is 2. The van der Waals surface area contributed by atoms with Gasteiger partial charge in [-0.1, -0.05) is 38.8 Å². The molecule has 0 amide bonds. The number of nitrogens with zero attached hydrogens (tertiary/aromatic N) is 3. The van der Waals surface area contributed by atoms with Gasteiger partial charge >= 0.3 is 5.97 Å². The summed E-state index contributed by atoms with van der Waals surface area (Å²) in [6.45, 7) is 7.63. The third kappa shape index (κ3) is 5.82. The molecule has 2 aromatic carbocycles. The van der Waals surface area contributed by atoms with Crippen molar-refractivity contribution in [3.63, 3.8) is 0 Å². The van der Waals surface area contributed by atoms with Crippen LogP contribution in [0.3, 0.4) is 0 Å². The lowest BCUT2D eigenvalue weighted by Gasteiger charge is -2.13. The molecule has 0 aliphatic carbocycles. The quantitative estimate of drug-likeness (QED) is 0.152. The van der Waals surface area contributed by atoms with Crippen LogP contribution < -0.4 is 9.47 Å². The number of fused-ring (bicyclic) bond motifs is 1. The number of esters is 1. The number of hydrogen-bond donors (Lipinski definition) is 0. The van der Waals surface area contributed by atoms with Crippen molar-refractivity contribution in [2.45, 2.75) is 46.5 Å². The SMILES string of the molecule is CCCCOc1ccc(-c2nc(C(=O)OCC)c(-c3ccc(OCCCC)cc3)c3nsnc23)cc1. The van der Waals surface area contributed by atoms with E-state index in [0.717, 1.165) is 60.0 Å². The minimum absolute atomic E-state index is 0.218. The molecule has 188 valence electrons. The van der Waals surface area contributed by atoms with Gasteiger partial charge in [0, 0.05) is 11.1 Å². The molecule has 2 aromatic heterocycles. The van der Waals surface area contributed by atoms with Gasteiger partial charge in [0.1, 0.15) is 28.2 Å². The van der Waals surface area contributed by atoms with Crippen molar-refractivity contribution in [1.82, 2.24) is 13.7 Å². The topological polar surface area (TPSA) is 83.4 Å². The van der Waals surface area contributed by atoms with E-state index in [1.54, 1.807) is 6.92 Å². The number of aromatic nitrogens is 3. The van der Waals surface area contributed by atoms with Crippen LogP contribution in [0, 0.1) is 0 Å². The van der Waals surface area contributed by atoms with Crippen molar-refractivity contribution < 1.29 is 19.0 Å². The van der Waals surface area contributed by atoms with Gasteiger partial charge in [0.15, 0.2) is 5.69 Å². The molecular weight excluding hydrogens is 474 g/mol. The van der Waals surface area contributed by atoms with Crippen LogP contribution in [0.2, 0.25) is 0 Å². The van der Waals surface area contributed by atoms with Crippen molar-refractivity contribution in [1.29, 1.82) is 0 Å². The van der Waals surface area contributed by atoms with Gasteiger partial charge in [-0.2, -0.15) is 8.75 Å². The molecule has 2 heterocycles. The Hall–Kier alpha value is -3.52. The number of pyridine rings is 1. The Morgan fingerprint density at radius 2 is 1.33 bits per heavy atom. The highest BCUT2D eigenvalue weighted by Gasteiger charge is 2.25. The second-order valence-electron chi connectivity index (χ2n) is 8.32. The van der Waals surface area contributed by atoms with Gasteiger partial charge in [-0.3, -0.25) is 0 Å². The number of benzene rings is 2. The highest BCUT2D eigenvalue weighted by Crippen LogP contribution is 2.37. The molecule has 0 unspecified atom stereocenters. The molecule has 0 saturated carbocycles. The number of hydrogen-bond acceptors (Lipinski definition) is 8. The average molecular weight is 506 g/mol. The first kappa shape index (κ1) is 25.6. The van der Waals surface area contributed by atoms with Crippen LogP contribution in [0.1, 0.15) is 56.9 Å². The van der Waals surface area contributed by atoms with Gasteiger partial charge in [-0.15, -0.1) is 0 Å². The van der Waals surface area contributed by atoms with Gasteiger partial charge in [-0.25, -0.2) is 9.78 Å². The molecule has 4 aromatic rings. The largest absolute Gasteiger partial charge is 0.494 e. The normalized spacial score (nSPS) is 11.0. The second kappa shape index (κ2) is 12.4. The number of rotatable bonds is 12. The zero-order valence-corrected chi connectivity index (χ0v) is 21.8. The Balaban J connectivity index is 1.75. The first-order chi connectivity index (χ1) is 17.7. The Bertz CT molecular complexity index is 1290. The molecule has 0 N–H and O–H groups in total. The fourth-order valence-corrected chi connectivity index (χ4v) is 4.31. The van der Waals surface area contributed by atoms with Gasteiger partial charge in [0.2, 0.25) is 0 Å². The summed E-state index contributed by atoms with van der Waals surface area (Å²) >= 11 is 1.10. The van der Waals surface area contributed by atoms with Crippen molar-refractivity contribution >= 4 is 28.7 Å². The predicted molar refractivity (Wildman–Crippen MR) is 143 cm³/mol. The molecule has 0 saturated heterocycles. The van der Waals surface area contributed by atoms with E-state index in [9.17, 15) is 4.79 Å². The Labute approximate surface area is 215 Å². The summed E-state index contributed by atoms with van der Waals surface area (Å²) in [6.07, 6.45) is 4.15. The van der Waals surface area contributed by atoms with E-state index in [2.05, 4.69) is 22.6 Å². The molecular formula is C28H31N3O4S. The number of carbonyl (C=O) groups excluding carboxylic acids is 1. The van der Waals surface area contributed by atoms with Crippen LogP contribution in [0.4, 0.5) is 0 Å². The van der Waals surface area contributed by atoms with Crippen molar-refractivity contribution in [3.8, 4) is 33.9 Å². The molecule has 0 atom stereocenters. The summed E-state index contributed by atoms with van der Waals surface area (Å²) < 4.78 is 26.1. The van der Waals surface area contributed by atoms with Crippen LogP contribution >= 0.6 is 11.7 Å². The summed E-state index contributed by atoms with van der Waals surface area (Å²) in [5, 5.41) is 0. The molecule has 36 heavy (non-hydrogen) atoms. The molecule has 0 radical (unpaired) electrons. The predicted octanol–water partition coefficient (Wildman–Crippen LogP) is 6.95. The standard InChI is InChI=1S/C28H31N3O4S/c1-4-7-17-34-21-13-9-19(10-14-21)23-25-27(31-36-30-25)24(29-26(23)28(32)33-6-3)20-11-15-22(16-12-20)35-18-8-5-2/h9-16H,4-8,17-18H2,1-3H3. The zero-order valence-electron chi connectivity index (χ0n) is 21.0. The smallest absolute Gasteiger partial charge is 0.357 e. The maximum absolute atomic E-state index is 13.1. The summed E-state index contributed by atoms with van der Waals surface area (Å²) in [7, 11) is 0. The monoisotopic (exact) mass is 505 g/mol. The maximum atomic E-state index is 13.1.